The second-order valence-corrected chi connectivity index (χ2v) is 13.9. The first-order chi connectivity index (χ1) is 24.8. The van der Waals surface area contributed by atoms with Crippen LogP contribution in [0.2, 0.25) is 0 Å². The molecule has 234 valence electrons. The zero-order valence-corrected chi connectivity index (χ0v) is 27.6. The van der Waals surface area contributed by atoms with Gasteiger partial charge in [0.25, 0.3) is 0 Å². The van der Waals surface area contributed by atoms with Gasteiger partial charge in [0.2, 0.25) is 0 Å². The third-order valence-corrected chi connectivity index (χ3v) is 11.3. The standard InChI is InChI=1S/C46H27NO2S/c1-2-10-28(11-3-1)29-20-22-33-35-14-8-16-37-38(24-25-41(45(35)37)49-42(33)26-29)47(30-21-23-32-31-12-4-6-18-40(31)48-43(32)27-30)39-17-9-15-36-34-13-5-7-19-44(34)50-46(36)39/h1-27H. The number of furan rings is 1. The highest BCUT2D eigenvalue weighted by Gasteiger charge is 2.26. The number of anilines is 3. The Kier molecular flexibility index (Phi) is 5.83. The Labute approximate surface area is 291 Å². The van der Waals surface area contributed by atoms with E-state index in [1.807, 2.05) is 29.5 Å². The summed E-state index contributed by atoms with van der Waals surface area (Å²) in [5.41, 5.74) is 9.59. The summed E-state index contributed by atoms with van der Waals surface area (Å²) in [4.78, 5) is 2.40. The van der Waals surface area contributed by atoms with Gasteiger partial charge in [0.05, 0.1) is 16.1 Å². The number of benzene rings is 8. The summed E-state index contributed by atoms with van der Waals surface area (Å²) in [6, 6.07) is 58.2. The lowest BCUT2D eigenvalue weighted by molar-refractivity contribution is 0.487. The van der Waals surface area contributed by atoms with Crippen LogP contribution in [0.5, 0.6) is 11.5 Å². The summed E-state index contributed by atoms with van der Waals surface area (Å²) < 4.78 is 15.7. The fourth-order valence-corrected chi connectivity index (χ4v) is 9.00. The molecule has 0 spiro atoms. The lowest BCUT2D eigenvalue weighted by atomic mass is 9.92. The van der Waals surface area contributed by atoms with Crippen LogP contribution < -0.4 is 9.64 Å². The van der Waals surface area contributed by atoms with E-state index in [1.54, 1.807) is 0 Å². The molecule has 50 heavy (non-hydrogen) atoms. The SMILES string of the molecule is c1ccc(-c2ccc3c(c2)Oc2ccc(N(c4ccc5c(c4)oc4ccccc45)c4cccc5c4sc4ccccc45)c4cccc-3c24)cc1. The minimum absolute atomic E-state index is 0.866. The van der Waals surface area contributed by atoms with Gasteiger partial charge >= 0.3 is 0 Å². The number of fused-ring (bicyclic) bond motifs is 8. The summed E-state index contributed by atoms with van der Waals surface area (Å²) in [6.07, 6.45) is 0. The largest absolute Gasteiger partial charge is 0.456 e. The molecule has 0 saturated carbocycles. The quantitative estimate of drug-likeness (QED) is 0.188. The van der Waals surface area contributed by atoms with E-state index in [2.05, 4.69) is 150 Å². The number of para-hydroxylation sites is 1. The summed E-state index contributed by atoms with van der Waals surface area (Å²) in [5.74, 6) is 1.74. The molecule has 0 amide bonds. The van der Waals surface area contributed by atoms with Gasteiger partial charge in [-0.05, 0) is 71.3 Å². The Morgan fingerprint density at radius 2 is 1.22 bits per heavy atom. The molecular formula is C46H27NO2S. The van der Waals surface area contributed by atoms with Crippen molar-refractivity contribution in [2.75, 3.05) is 4.90 Å². The molecule has 0 unspecified atom stereocenters. The van der Waals surface area contributed by atoms with Crippen molar-refractivity contribution in [1.82, 2.24) is 0 Å². The van der Waals surface area contributed by atoms with Gasteiger partial charge in [-0.1, -0.05) is 103 Å². The molecule has 3 nitrogen and oxygen atoms in total. The number of thiophene rings is 1. The number of hydrogen-bond donors (Lipinski definition) is 0. The Hall–Kier alpha value is -6.36. The van der Waals surface area contributed by atoms with E-state index in [1.165, 1.54) is 31.3 Å². The predicted octanol–water partition coefficient (Wildman–Crippen LogP) is 14.0. The van der Waals surface area contributed by atoms with Crippen molar-refractivity contribution in [3.05, 3.63) is 164 Å². The molecule has 1 aliphatic heterocycles. The normalized spacial score (nSPS) is 12.2. The molecule has 8 aromatic carbocycles. The van der Waals surface area contributed by atoms with E-state index in [-0.39, 0.29) is 0 Å². The third-order valence-electron chi connectivity index (χ3n) is 10.1. The molecule has 2 aromatic heterocycles. The molecule has 1 aliphatic rings. The van der Waals surface area contributed by atoms with Crippen molar-refractivity contribution in [1.29, 1.82) is 0 Å². The first kappa shape index (κ1) is 27.6. The monoisotopic (exact) mass is 657 g/mol. The van der Waals surface area contributed by atoms with Crippen LogP contribution in [-0.4, -0.2) is 0 Å². The maximum absolute atomic E-state index is 6.73. The highest BCUT2D eigenvalue weighted by Crippen LogP contribution is 2.53. The number of nitrogens with zero attached hydrogens (tertiary/aromatic N) is 1. The summed E-state index contributed by atoms with van der Waals surface area (Å²) in [5, 5.41) is 7.01. The zero-order valence-electron chi connectivity index (χ0n) is 26.8. The van der Waals surface area contributed by atoms with Crippen LogP contribution in [0.3, 0.4) is 0 Å². The molecule has 0 saturated heterocycles. The number of ether oxygens (including phenoxy) is 1. The van der Waals surface area contributed by atoms with Crippen molar-refractivity contribution in [2.24, 2.45) is 0 Å². The van der Waals surface area contributed by atoms with Gasteiger partial charge in [-0.2, -0.15) is 0 Å². The molecule has 0 fully saturated rings. The van der Waals surface area contributed by atoms with Gasteiger partial charge in [-0.3, -0.25) is 0 Å². The molecule has 0 bridgehead atoms. The van der Waals surface area contributed by atoms with Crippen molar-refractivity contribution in [3.63, 3.8) is 0 Å². The van der Waals surface area contributed by atoms with Gasteiger partial charge in [0.15, 0.2) is 0 Å². The smallest absolute Gasteiger partial charge is 0.137 e. The molecular weight excluding hydrogens is 631 g/mol. The fourth-order valence-electron chi connectivity index (χ4n) is 7.79. The Bertz CT molecular complexity index is 2970. The molecule has 0 N–H and O–H groups in total. The topological polar surface area (TPSA) is 25.6 Å². The van der Waals surface area contributed by atoms with Crippen molar-refractivity contribution < 1.29 is 9.15 Å². The first-order valence-corrected chi connectivity index (χ1v) is 17.7. The van der Waals surface area contributed by atoms with E-state index >= 15 is 0 Å². The Morgan fingerprint density at radius 3 is 2.16 bits per heavy atom. The summed E-state index contributed by atoms with van der Waals surface area (Å²) >= 11 is 1.84. The van der Waals surface area contributed by atoms with Crippen LogP contribution in [0.4, 0.5) is 17.1 Å². The average molecular weight is 658 g/mol. The minimum atomic E-state index is 0.866. The summed E-state index contributed by atoms with van der Waals surface area (Å²) in [7, 11) is 0. The van der Waals surface area contributed by atoms with Gasteiger partial charge in [0, 0.05) is 54.3 Å². The lowest BCUT2D eigenvalue weighted by Crippen LogP contribution is -2.11. The van der Waals surface area contributed by atoms with Gasteiger partial charge in [-0.25, -0.2) is 0 Å². The highest BCUT2D eigenvalue weighted by molar-refractivity contribution is 7.26. The molecule has 4 heteroatoms. The van der Waals surface area contributed by atoms with Gasteiger partial charge in [-0.15, -0.1) is 11.3 Å². The Balaban J connectivity index is 1.16. The summed E-state index contributed by atoms with van der Waals surface area (Å²) in [6.45, 7) is 0. The van der Waals surface area contributed by atoms with E-state index in [9.17, 15) is 0 Å². The van der Waals surface area contributed by atoms with E-state index in [0.717, 1.165) is 72.4 Å². The lowest BCUT2D eigenvalue weighted by Gasteiger charge is -2.29. The van der Waals surface area contributed by atoms with E-state index in [4.69, 9.17) is 9.15 Å². The molecule has 11 rings (SSSR count). The van der Waals surface area contributed by atoms with Crippen LogP contribution in [0.1, 0.15) is 0 Å². The second kappa shape index (κ2) is 10.6. The minimum Gasteiger partial charge on any atom is -0.456 e. The van der Waals surface area contributed by atoms with Crippen LogP contribution in [0.25, 0.3) is 75.1 Å². The van der Waals surface area contributed by atoms with Gasteiger partial charge < -0.3 is 14.1 Å². The fraction of sp³-hybridized carbons (Fsp3) is 0. The van der Waals surface area contributed by atoms with Gasteiger partial charge in [0.1, 0.15) is 22.7 Å². The maximum Gasteiger partial charge on any atom is 0.137 e. The van der Waals surface area contributed by atoms with Crippen LogP contribution in [0.15, 0.2) is 168 Å². The third kappa shape index (κ3) is 4.03. The van der Waals surface area contributed by atoms with Crippen LogP contribution >= 0.6 is 11.3 Å². The predicted molar refractivity (Wildman–Crippen MR) is 210 cm³/mol. The van der Waals surface area contributed by atoms with Crippen LogP contribution in [0, 0.1) is 0 Å². The molecule has 0 aliphatic carbocycles. The molecule has 0 radical (unpaired) electrons. The van der Waals surface area contributed by atoms with Crippen LogP contribution in [-0.2, 0) is 0 Å². The van der Waals surface area contributed by atoms with Crippen molar-refractivity contribution >= 4 is 81.3 Å². The molecule has 0 atom stereocenters. The number of hydrogen-bond acceptors (Lipinski definition) is 4. The zero-order chi connectivity index (χ0) is 32.8. The van der Waals surface area contributed by atoms with Crippen molar-refractivity contribution in [3.8, 4) is 33.8 Å². The Morgan fingerprint density at radius 1 is 0.440 bits per heavy atom. The molecule has 3 heterocycles. The van der Waals surface area contributed by atoms with Crippen molar-refractivity contribution in [2.45, 2.75) is 0 Å². The first-order valence-electron chi connectivity index (χ1n) is 16.8. The van der Waals surface area contributed by atoms with E-state index in [0.29, 0.717) is 0 Å². The average Bonchev–Trinajstić information content (AvgIpc) is 3.75. The maximum atomic E-state index is 6.73. The van der Waals surface area contributed by atoms with E-state index < -0.39 is 0 Å². The molecule has 10 aromatic rings. The highest BCUT2D eigenvalue weighted by atomic mass is 32.1. The second-order valence-electron chi connectivity index (χ2n) is 12.9. The number of rotatable bonds is 4.